The molecule has 26 heavy (non-hydrogen) atoms. The molecule has 4 rings (SSSR count). The number of hydrogen-bond donors (Lipinski definition) is 0. The molecule has 2 aromatic carbocycles. The summed E-state index contributed by atoms with van der Waals surface area (Å²) in [7, 11) is 1.63. The quantitative estimate of drug-likeness (QED) is 0.727. The van der Waals surface area contributed by atoms with Gasteiger partial charge in [0.2, 0.25) is 5.69 Å². The van der Waals surface area contributed by atoms with Crippen LogP contribution in [-0.4, -0.2) is 35.2 Å². The van der Waals surface area contributed by atoms with Crippen LogP contribution in [0.4, 0.5) is 5.82 Å². The Morgan fingerprint density at radius 3 is 2.54 bits per heavy atom. The standard InChI is InChI=1S/C20H19N5O/c1-26-18-9-7-17(8-10-18)25-22-19(13-21)20(23-25)24-12-11-16(14-24)15-5-3-2-4-6-15/h2-10,16H,11-12,14H2,1H3/t16-/m1/s1. The molecular weight excluding hydrogens is 326 g/mol. The van der Waals surface area contributed by atoms with Crippen LogP contribution in [0.2, 0.25) is 0 Å². The summed E-state index contributed by atoms with van der Waals surface area (Å²) in [6, 6.07) is 20.1. The zero-order chi connectivity index (χ0) is 17.9. The highest BCUT2D eigenvalue weighted by Crippen LogP contribution is 2.31. The summed E-state index contributed by atoms with van der Waals surface area (Å²) in [5.41, 5.74) is 2.48. The van der Waals surface area contributed by atoms with Crippen molar-refractivity contribution in [1.82, 2.24) is 15.0 Å². The Kier molecular flexibility index (Phi) is 4.28. The minimum atomic E-state index is 0.356. The minimum absolute atomic E-state index is 0.356. The summed E-state index contributed by atoms with van der Waals surface area (Å²) in [6.45, 7) is 1.72. The highest BCUT2D eigenvalue weighted by Gasteiger charge is 2.28. The lowest BCUT2D eigenvalue weighted by Crippen LogP contribution is -2.20. The molecule has 6 heteroatoms. The third-order valence-corrected chi connectivity index (χ3v) is 4.76. The molecule has 1 aliphatic heterocycles. The molecule has 0 spiro atoms. The maximum Gasteiger partial charge on any atom is 0.207 e. The van der Waals surface area contributed by atoms with E-state index in [4.69, 9.17) is 4.74 Å². The fourth-order valence-electron chi connectivity index (χ4n) is 3.37. The van der Waals surface area contributed by atoms with Gasteiger partial charge in [-0.15, -0.1) is 15.0 Å². The van der Waals surface area contributed by atoms with Crippen molar-refractivity contribution >= 4 is 5.82 Å². The number of benzene rings is 2. The van der Waals surface area contributed by atoms with Crippen molar-refractivity contribution in [2.24, 2.45) is 0 Å². The van der Waals surface area contributed by atoms with Crippen molar-refractivity contribution in [3.05, 3.63) is 65.9 Å². The highest BCUT2D eigenvalue weighted by molar-refractivity contribution is 5.52. The maximum atomic E-state index is 9.49. The second kappa shape index (κ2) is 6.89. The van der Waals surface area contributed by atoms with E-state index in [2.05, 4.69) is 45.4 Å². The summed E-state index contributed by atoms with van der Waals surface area (Å²) >= 11 is 0. The first kappa shape index (κ1) is 16.2. The molecule has 3 aromatic rings. The average Bonchev–Trinajstić information content (AvgIpc) is 3.35. The lowest BCUT2D eigenvalue weighted by Gasteiger charge is -2.15. The van der Waals surface area contributed by atoms with Crippen LogP contribution >= 0.6 is 0 Å². The van der Waals surface area contributed by atoms with Crippen LogP contribution in [0.15, 0.2) is 54.6 Å². The number of anilines is 1. The molecule has 1 aromatic heterocycles. The molecule has 0 amide bonds. The average molecular weight is 345 g/mol. The van der Waals surface area contributed by atoms with Gasteiger partial charge in [0.1, 0.15) is 11.8 Å². The van der Waals surface area contributed by atoms with E-state index in [1.807, 2.05) is 30.3 Å². The van der Waals surface area contributed by atoms with Crippen molar-refractivity contribution in [3.63, 3.8) is 0 Å². The van der Waals surface area contributed by atoms with Gasteiger partial charge >= 0.3 is 0 Å². The molecule has 1 aliphatic rings. The largest absolute Gasteiger partial charge is 0.497 e. The predicted molar refractivity (Wildman–Crippen MR) is 98.6 cm³/mol. The van der Waals surface area contributed by atoms with E-state index < -0.39 is 0 Å². The van der Waals surface area contributed by atoms with Crippen LogP contribution in [0.1, 0.15) is 23.6 Å². The van der Waals surface area contributed by atoms with Crippen LogP contribution in [-0.2, 0) is 0 Å². The van der Waals surface area contributed by atoms with Crippen LogP contribution < -0.4 is 9.64 Å². The Bertz CT molecular complexity index is 927. The van der Waals surface area contributed by atoms with E-state index in [0.717, 1.165) is 30.9 Å². The number of rotatable bonds is 4. The van der Waals surface area contributed by atoms with Gasteiger partial charge in [0, 0.05) is 19.0 Å². The first-order chi connectivity index (χ1) is 12.8. The van der Waals surface area contributed by atoms with E-state index in [1.165, 1.54) is 10.4 Å². The van der Waals surface area contributed by atoms with Crippen LogP contribution in [0.5, 0.6) is 5.75 Å². The topological polar surface area (TPSA) is 67.0 Å². The normalized spacial score (nSPS) is 16.5. The third-order valence-electron chi connectivity index (χ3n) is 4.76. The maximum absolute atomic E-state index is 9.49. The number of hydrogen-bond acceptors (Lipinski definition) is 5. The Morgan fingerprint density at radius 2 is 1.85 bits per heavy atom. The van der Waals surface area contributed by atoms with Gasteiger partial charge in [0.15, 0.2) is 5.82 Å². The Balaban J connectivity index is 1.59. The number of nitriles is 1. The molecular formula is C20H19N5O. The van der Waals surface area contributed by atoms with E-state index in [-0.39, 0.29) is 0 Å². The van der Waals surface area contributed by atoms with Crippen molar-refractivity contribution < 1.29 is 4.74 Å². The van der Waals surface area contributed by atoms with Gasteiger partial charge < -0.3 is 9.64 Å². The molecule has 0 N–H and O–H groups in total. The fraction of sp³-hybridized carbons (Fsp3) is 0.250. The Hall–Kier alpha value is -3.33. The zero-order valence-corrected chi connectivity index (χ0v) is 14.5. The predicted octanol–water partition coefficient (Wildman–Crippen LogP) is 3.14. The van der Waals surface area contributed by atoms with E-state index in [9.17, 15) is 5.26 Å². The molecule has 1 atom stereocenters. The van der Waals surface area contributed by atoms with Crippen molar-refractivity contribution in [2.75, 3.05) is 25.1 Å². The van der Waals surface area contributed by atoms with Crippen molar-refractivity contribution in [3.8, 4) is 17.5 Å². The molecule has 0 bridgehead atoms. The fourth-order valence-corrected chi connectivity index (χ4v) is 3.37. The summed E-state index contributed by atoms with van der Waals surface area (Å²) in [5, 5.41) is 18.4. The highest BCUT2D eigenvalue weighted by atomic mass is 16.5. The molecule has 0 radical (unpaired) electrons. The summed E-state index contributed by atoms with van der Waals surface area (Å²) < 4.78 is 5.18. The molecule has 1 saturated heterocycles. The van der Waals surface area contributed by atoms with Crippen LogP contribution in [0.3, 0.4) is 0 Å². The SMILES string of the molecule is COc1ccc(-n2nc(C#N)c(N3CC[C@@H](c4ccccc4)C3)n2)cc1. The summed E-state index contributed by atoms with van der Waals surface area (Å²) in [5.74, 6) is 1.88. The van der Waals surface area contributed by atoms with Gasteiger partial charge in [-0.2, -0.15) is 5.26 Å². The van der Waals surface area contributed by atoms with E-state index in [1.54, 1.807) is 7.11 Å². The first-order valence-corrected chi connectivity index (χ1v) is 8.60. The van der Waals surface area contributed by atoms with Gasteiger partial charge in [0.05, 0.1) is 12.8 Å². The first-order valence-electron chi connectivity index (χ1n) is 8.60. The lowest BCUT2D eigenvalue weighted by atomic mass is 9.99. The Labute approximate surface area is 152 Å². The van der Waals surface area contributed by atoms with Crippen molar-refractivity contribution in [1.29, 1.82) is 5.26 Å². The smallest absolute Gasteiger partial charge is 0.207 e. The van der Waals surface area contributed by atoms with Gasteiger partial charge in [-0.3, -0.25) is 0 Å². The number of methoxy groups -OCH3 is 1. The van der Waals surface area contributed by atoms with Gasteiger partial charge in [-0.1, -0.05) is 30.3 Å². The molecule has 0 aliphatic carbocycles. The van der Waals surface area contributed by atoms with E-state index in [0.29, 0.717) is 17.4 Å². The second-order valence-electron chi connectivity index (χ2n) is 6.31. The number of aromatic nitrogens is 3. The number of ether oxygens (including phenoxy) is 1. The Morgan fingerprint density at radius 1 is 1.08 bits per heavy atom. The van der Waals surface area contributed by atoms with Crippen LogP contribution in [0.25, 0.3) is 5.69 Å². The lowest BCUT2D eigenvalue weighted by molar-refractivity contribution is 0.414. The number of nitrogens with zero attached hydrogens (tertiary/aromatic N) is 5. The molecule has 1 fully saturated rings. The zero-order valence-electron chi connectivity index (χ0n) is 14.5. The molecule has 130 valence electrons. The monoisotopic (exact) mass is 345 g/mol. The van der Waals surface area contributed by atoms with E-state index >= 15 is 0 Å². The summed E-state index contributed by atoms with van der Waals surface area (Å²) in [4.78, 5) is 3.67. The summed E-state index contributed by atoms with van der Waals surface area (Å²) in [6.07, 6.45) is 1.05. The van der Waals surface area contributed by atoms with Crippen LogP contribution in [0, 0.1) is 11.3 Å². The molecule has 0 saturated carbocycles. The van der Waals surface area contributed by atoms with Crippen molar-refractivity contribution in [2.45, 2.75) is 12.3 Å². The molecule has 2 heterocycles. The minimum Gasteiger partial charge on any atom is -0.497 e. The second-order valence-corrected chi connectivity index (χ2v) is 6.31. The molecule has 6 nitrogen and oxygen atoms in total. The van der Waals surface area contributed by atoms with Gasteiger partial charge in [-0.25, -0.2) is 0 Å². The third kappa shape index (κ3) is 3.00. The van der Waals surface area contributed by atoms with Gasteiger partial charge in [0.25, 0.3) is 0 Å². The molecule has 0 unspecified atom stereocenters. The van der Waals surface area contributed by atoms with Gasteiger partial charge in [-0.05, 0) is 36.2 Å².